The molecule has 0 fully saturated rings. The average Bonchev–Trinajstić information content (AvgIpc) is 2.39. The lowest BCUT2D eigenvalue weighted by molar-refractivity contribution is -0.119. The van der Waals surface area contributed by atoms with Crippen molar-refractivity contribution in [2.75, 3.05) is 12.8 Å². The summed E-state index contributed by atoms with van der Waals surface area (Å²) in [5.41, 5.74) is 6.17. The van der Waals surface area contributed by atoms with Gasteiger partial charge < -0.3 is 11.1 Å². The molecule has 1 unspecified atom stereocenters. The molecule has 6 heteroatoms. The predicted molar refractivity (Wildman–Crippen MR) is 72.3 cm³/mol. The third-order valence-electron chi connectivity index (χ3n) is 2.58. The van der Waals surface area contributed by atoms with E-state index >= 15 is 0 Å². The van der Waals surface area contributed by atoms with Crippen molar-refractivity contribution in [1.82, 2.24) is 15.3 Å². The molecule has 0 radical (unpaired) electrons. The van der Waals surface area contributed by atoms with Gasteiger partial charge in [-0.25, -0.2) is 9.97 Å². The molecule has 0 saturated heterocycles. The predicted octanol–water partition coefficient (Wildman–Crippen LogP) is 0.795. The number of hydrogen-bond acceptors (Lipinski definition) is 5. The Morgan fingerprint density at radius 3 is 2.94 bits per heavy atom. The fourth-order valence-corrected chi connectivity index (χ4v) is 2.67. The molecule has 1 aromatic heterocycles. The van der Waals surface area contributed by atoms with Gasteiger partial charge in [0.2, 0.25) is 5.91 Å². The maximum absolute atomic E-state index is 11.1. The minimum atomic E-state index is -0.358. The summed E-state index contributed by atoms with van der Waals surface area (Å²) < 4.78 is 0. The molecule has 0 aliphatic rings. The van der Waals surface area contributed by atoms with Gasteiger partial charge in [0.15, 0.2) is 0 Å². The summed E-state index contributed by atoms with van der Waals surface area (Å²) in [5, 5.41) is 4.73. The van der Waals surface area contributed by atoms with Crippen molar-refractivity contribution in [1.29, 1.82) is 0 Å². The van der Waals surface area contributed by atoms with Crippen molar-refractivity contribution in [3.8, 4) is 0 Å². The van der Waals surface area contributed by atoms with E-state index in [1.54, 1.807) is 7.05 Å². The molecule has 2 aromatic rings. The highest BCUT2D eigenvalue weighted by Crippen LogP contribution is 2.24. The number of primary amides is 1. The molecule has 0 aliphatic heterocycles. The summed E-state index contributed by atoms with van der Waals surface area (Å²) in [5.74, 6) is 0.190. The Morgan fingerprint density at radius 1 is 1.44 bits per heavy atom. The van der Waals surface area contributed by atoms with E-state index in [0.29, 0.717) is 5.75 Å². The van der Waals surface area contributed by atoms with Crippen LogP contribution in [0.2, 0.25) is 0 Å². The first-order valence-corrected chi connectivity index (χ1v) is 6.50. The van der Waals surface area contributed by atoms with Gasteiger partial charge in [0.25, 0.3) is 0 Å². The maximum Gasteiger partial charge on any atom is 0.235 e. The number of rotatable bonds is 5. The Kier molecular flexibility index (Phi) is 4.11. The number of amides is 1. The fraction of sp³-hybridized carbons (Fsp3) is 0.250. The molecular weight excluding hydrogens is 248 g/mol. The smallest absolute Gasteiger partial charge is 0.235 e. The largest absolute Gasteiger partial charge is 0.368 e. The van der Waals surface area contributed by atoms with Crippen LogP contribution in [-0.4, -0.2) is 34.7 Å². The van der Waals surface area contributed by atoms with Gasteiger partial charge in [0.1, 0.15) is 11.4 Å². The summed E-state index contributed by atoms with van der Waals surface area (Å²) in [7, 11) is 1.72. The number of hydrogen-bond donors (Lipinski definition) is 2. The van der Waals surface area contributed by atoms with Gasteiger partial charge in [-0.3, -0.25) is 4.79 Å². The van der Waals surface area contributed by atoms with Crippen LogP contribution in [0.1, 0.15) is 0 Å². The molecule has 0 aliphatic carbocycles. The number of nitrogens with zero attached hydrogens (tertiary/aromatic N) is 2. The van der Waals surface area contributed by atoms with Gasteiger partial charge in [0.05, 0.1) is 11.6 Å². The third-order valence-corrected chi connectivity index (χ3v) is 3.68. The topological polar surface area (TPSA) is 80.9 Å². The lowest BCUT2D eigenvalue weighted by Crippen LogP contribution is -2.41. The van der Waals surface area contributed by atoms with E-state index in [9.17, 15) is 4.79 Å². The van der Waals surface area contributed by atoms with Crippen LogP contribution in [0.3, 0.4) is 0 Å². The highest BCUT2D eigenvalue weighted by atomic mass is 32.2. The minimum Gasteiger partial charge on any atom is -0.368 e. The first kappa shape index (κ1) is 12.8. The Bertz CT molecular complexity index is 555. The first-order valence-electron chi connectivity index (χ1n) is 5.51. The van der Waals surface area contributed by atoms with Crippen molar-refractivity contribution in [3.05, 3.63) is 30.6 Å². The SMILES string of the molecule is CNC(CSc1ncnc2ccccc12)C(N)=O. The second-order valence-corrected chi connectivity index (χ2v) is 4.76. The number of carbonyl (C=O) groups is 1. The van der Waals surface area contributed by atoms with E-state index in [4.69, 9.17) is 5.73 Å². The van der Waals surface area contributed by atoms with Crippen LogP contribution in [0.5, 0.6) is 0 Å². The molecule has 1 atom stereocenters. The zero-order valence-electron chi connectivity index (χ0n) is 9.96. The van der Waals surface area contributed by atoms with Crippen molar-refractivity contribution in [3.63, 3.8) is 0 Å². The maximum atomic E-state index is 11.1. The van der Waals surface area contributed by atoms with Gasteiger partial charge in [0, 0.05) is 11.1 Å². The number of aromatic nitrogens is 2. The summed E-state index contributed by atoms with van der Waals surface area (Å²) in [4.78, 5) is 19.6. The van der Waals surface area contributed by atoms with E-state index < -0.39 is 0 Å². The normalized spacial score (nSPS) is 12.5. The zero-order chi connectivity index (χ0) is 13.0. The standard InChI is InChI=1S/C12H14N4OS/c1-14-10(11(13)17)6-18-12-8-4-2-3-5-9(8)15-7-16-12/h2-5,7,10,14H,6H2,1H3,(H2,13,17). The number of nitrogens with two attached hydrogens (primary N) is 1. The Morgan fingerprint density at radius 2 is 2.22 bits per heavy atom. The van der Waals surface area contributed by atoms with Gasteiger partial charge in [-0.1, -0.05) is 18.2 Å². The second kappa shape index (κ2) is 5.79. The molecule has 1 heterocycles. The van der Waals surface area contributed by atoms with Crippen LogP contribution >= 0.6 is 11.8 Å². The van der Waals surface area contributed by atoms with Gasteiger partial charge in [-0.2, -0.15) is 0 Å². The molecule has 2 rings (SSSR count). The van der Waals surface area contributed by atoms with Gasteiger partial charge in [-0.05, 0) is 13.1 Å². The Labute approximate surface area is 109 Å². The molecule has 1 amide bonds. The average molecular weight is 262 g/mol. The highest BCUT2D eigenvalue weighted by Gasteiger charge is 2.14. The Balaban J connectivity index is 2.19. The Hall–Kier alpha value is -1.66. The summed E-state index contributed by atoms with van der Waals surface area (Å²) in [6, 6.07) is 7.42. The summed E-state index contributed by atoms with van der Waals surface area (Å²) in [6.45, 7) is 0. The lowest BCUT2D eigenvalue weighted by atomic mass is 10.2. The summed E-state index contributed by atoms with van der Waals surface area (Å²) >= 11 is 1.50. The van der Waals surface area contributed by atoms with E-state index in [0.717, 1.165) is 15.9 Å². The second-order valence-electron chi connectivity index (χ2n) is 3.75. The van der Waals surface area contributed by atoms with Crippen molar-refractivity contribution < 1.29 is 4.79 Å². The number of fused-ring (bicyclic) bond motifs is 1. The monoisotopic (exact) mass is 262 g/mol. The molecule has 0 spiro atoms. The number of likely N-dealkylation sites (N-methyl/N-ethyl adjacent to an activating group) is 1. The third kappa shape index (κ3) is 2.77. The van der Waals surface area contributed by atoms with Crippen molar-refractivity contribution >= 4 is 28.6 Å². The molecule has 0 saturated carbocycles. The molecular formula is C12H14N4OS. The molecule has 1 aromatic carbocycles. The quantitative estimate of drug-likeness (QED) is 0.615. The van der Waals surface area contributed by atoms with Crippen molar-refractivity contribution in [2.45, 2.75) is 11.1 Å². The van der Waals surface area contributed by atoms with Crippen LogP contribution in [0, 0.1) is 0 Å². The number of nitrogens with one attached hydrogen (secondary N) is 1. The fourth-order valence-electron chi connectivity index (χ4n) is 1.57. The van der Waals surface area contributed by atoms with E-state index in [-0.39, 0.29) is 11.9 Å². The van der Waals surface area contributed by atoms with E-state index in [1.807, 2.05) is 24.3 Å². The number of thioether (sulfide) groups is 1. The van der Waals surface area contributed by atoms with Crippen LogP contribution in [-0.2, 0) is 4.79 Å². The first-order chi connectivity index (χ1) is 8.72. The van der Waals surface area contributed by atoms with E-state index in [1.165, 1.54) is 18.1 Å². The van der Waals surface area contributed by atoms with Gasteiger partial charge >= 0.3 is 0 Å². The van der Waals surface area contributed by atoms with E-state index in [2.05, 4.69) is 15.3 Å². The minimum absolute atomic E-state index is 0.358. The highest BCUT2D eigenvalue weighted by molar-refractivity contribution is 7.99. The van der Waals surface area contributed by atoms with Gasteiger partial charge in [-0.15, -0.1) is 11.8 Å². The number of benzene rings is 1. The zero-order valence-corrected chi connectivity index (χ0v) is 10.8. The molecule has 94 valence electrons. The van der Waals surface area contributed by atoms with Crippen LogP contribution in [0.25, 0.3) is 10.9 Å². The molecule has 5 nitrogen and oxygen atoms in total. The number of para-hydroxylation sites is 1. The number of carbonyl (C=O) groups excluding carboxylic acids is 1. The lowest BCUT2D eigenvalue weighted by Gasteiger charge is -2.11. The molecule has 0 bridgehead atoms. The van der Waals surface area contributed by atoms with Crippen molar-refractivity contribution in [2.24, 2.45) is 5.73 Å². The van der Waals surface area contributed by atoms with Crippen LogP contribution in [0.15, 0.2) is 35.6 Å². The molecule has 3 N–H and O–H groups in total. The van der Waals surface area contributed by atoms with Crippen LogP contribution in [0.4, 0.5) is 0 Å². The summed E-state index contributed by atoms with van der Waals surface area (Å²) in [6.07, 6.45) is 1.53. The van der Waals surface area contributed by atoms with Crippen LogP contribution < -0.4 is 11.1 Å². The molecule has 18 heavy (non-hydrogen) atoms.